The molecule has 0 aliphatic heterocycles. The number of rotatable bonds is 5. The number of ketones is 1. The second-order valence-corrected chi connectivity index (χ2v) is 5.26. The molecule has 0 saturated carbocycles. The molecule has 17 heavy (non-hydrogen) atoms. The summed E-state index contributed by atoms with van der Waals surface area (Å²) in [5, 5.41) is 0. The van der Waals surface area contributed by atoms with Crippen molar-refractivity contribution < 1.29 is 4.79 Å². The Morgan fingerprint density at radius 2 is 1.88 bits per heavy atom. The maximum absolute atomic E-state index is 11.6. The zero-order valence-electron chi connectivity index (χ0n) is 11.6. The van der Waals surface area contributed by atoms with E-state index in [9.17, 15) is 4.79 Å². The van der Waals surface area contributed by atoms with Crippen LogP contribution in [0.1, 0.15) is 59.8 Å². The maximum atomic E-state index is 11.6. The van der Waals surface area contributed by atoms with Gasteiger partial charge in [0.15, 0.2) is 5.78 Å². The SMILES string of the molecule is CC(C)=CCC/C(C)=C\CC1=C(C)CCC1=O. The highest BCUT2D eigenvalue weighted by atomic mass is 16.1. The standard InChI is InChI=1S/C16H24O/c1-12(2)6-5-7-13(3)8-10-15-14(4)9-11-16(15)17/h6,8H,5,7,9-11H2,1-4H3/b13-8-. The van der Waals surface area contributed by atoms with Crippen molar-refractivity contribution >= 4 is 5.78 Å². The van der Waals surface area contributed by atoms with Gasteiger partial charge in [0.1, 0.15) is 0 Å². The van der Waals surface area contributed by atoms with Gasteiger partial charge in [-0.05, 0) is 59.0 Å². The number of carbonyl (C=O) groups excluding carboxylic acids is 1. The molecule has 1 rings (SSSR count). The Hall–Kier alpha value is -1.11. The van der Waals surface area contributed by atoms with Crippen LogP contribution in [0, 0.1) is 0 Å². The van der Waals surface area contributed by atoms with Crippen molar-refractivity contribution in [2.45, 2.75) is 59.8 Å². The van der Waals surface area contributed by atoms with Crippen molar-refractivity contribution in [2.75, 3.05) is 0 Å². The molecular formula is C16H24O. The van der Waals surface area contributed by atoms with Crippen LogP contribution in [-0.2, 0) is 4.79 Å². The Labute approximate surface area is 105 Å². The predicted octanol–water partition coefficient (Wildman–Crippen LogP) is 4.75. The van der Waals surface area contributed by atoms with E-state index in [0.717, 1.165) is 37.7 Å². The average molecular weight is 232 g/mol. The molecule has 0 unspecified atom stereocenters. The monoisotopic (exact) mass is 232 g/mol. The van der Waals surface area contributed by atoms with Gasteiger partial charge in [0.25, 0.3) is 0 Å². The number of carbonyl (C=O) groups is 1. The van der Waals surface area contributed by atoms with Crippen LogP contribution in [0.2, 0.25) is 0 Å². The van der Waals surface area contributed by atoms with Gasteiger partial charge < -0.3 is 0 Å². The van der Waals surface area contributed by atoms with E-state index in [-0.39, 0.29) is 0 Å². The van der Waals surface area contributed by atoms with Crippen molar-refractivity contribution in [1.82, 2.24) is 0 Å². The highest BCUT2D eigenvalue weighted by Gasteiger charge is 2.18. The van der Waals surface area contributed by atoms with Gasteiger partial charge in [0.2, 0.25) is 0 Å². The van der Waals surface area contributed by atoms with Crippen LogP contribution in [-0.4, -0.2) is 5.78 Å². The van der Waals surface area contributed by atoms with Crippen molar-refractivity contribution in [1.29, 1.82) is 0 Å². The second kappa shape index (κ2) is 6.58. The minimum Gasteiger partial charge on any atom is -0.295 e. The summed E-state index contributed by atoms with van der Waals surface area (Å²) in [6, 6.07) is 0. The summed E-state index contributed by atoms with van der Waals surface area (Å²) in [6.07, 6.45) is 9.24. The van der Waals surface area contributed by atoms with Gasteiger partial charge in [-0.25, -0.2) is 0 Å². The third kappa shape index (κ3) is 4.72. The Bertz CT molecular complexity index is 376. The molecule has 0 bridgehead atoms. The second-order valence-electron chi connectivity index (χ2n) is 5.26. The lowest BCUT2D eigenvalue weighted by Crippen LogP contribution is -1.95. The van der Waals surface area contributed by atoms with Gasteiger partial charge >= 0.3 is 0 Å². The van der Waals surface area contributed by atoms with E-state index < -0.39 is 0 Å². The molecule has 0 radical (unpaired) electrons. The van der Waals surface area contributed by atoms with Gasteiger partial charge in [-0.2, -0.15) is 0 Å². The molecule has 1 nitrogen and oxygen atoms in total. The molecule has 0 aromatic carbocycles. The zero-order chi connectivity index (χ0) is 12.8. The summed E-state index contributed by atoms with van der Waals surface area (Å²) >= 11 is 0. The molecule has 94 valence electrons. The van der Waals surface area contributed by atoms with Crippen LogP contribution in [0.3, 0.4) is 0 Å². The van der Waals surface area contributed by atoms with E-state index >= 15 is 0 Å². The first-order chi connectivity index (χ1) is 8.00. The molecule has 0 spiro atoms. The summed E-state index contributed by atoms with van der Waals surface area (Å²) < 4.78 is 0. The van der Waals surface area contributed by atoms with E-state index in [1.54, 1.807) is 0 Å². The van der Waals surface area contributed by atoms with Crippen LogP contribution in [0.5, 0.6) is 0 Å². The summed E-state index contributed by atoms with van der Waals surface area (Å²) in [7, 11) is 0. The van der Waals surface area contributed by atoms with E-state index in [1.807, 2.05) is 0 Å². The van der Waals surface area contributed by atoms with E-state index in [1.165, 1.54) is 16.7 Å². The molecule has 0 amide bonds. The number of Topliss-reactive ketones (excluding diaryl/α,β-unsaturated/α-hetero) is 1. The molecule has 0 aromatic rings. The minimum atomic E-state index is 0.357. The lowest BCUT2D eigenvalue weighted by atomic mass is 10.0. The summed E-state index contributed by atoms with van der Waals surface area (Å²) in [4.78, 5) is 11.6. The van der Waals surface area contributed by atoms with Gasteiger partial charge in [-0.1, -0.05) is 28.9 Å². The van der Waals surface area contributed by atoms with Gasteiger partial charge in [0.05, 0.1) is 0 Å². The Balaban J connectivity index is 2.45. The van der Waals surface area contributed by atoms with Crippen molar-refractivity contribution in [3.05, 3.63) is 34.4 Å². The number of hydrogen-bond donors (Lipinski definition) is 0. The maximum Gasteiger partial charge on any atom is 0.159 e. The van der Waals surface area contributed by atoms with Crippen LogP contribution >= 0.6 is 0 Å². The van der Waals surface area contributed by atoms with E-state index in [2.05, 4.69) is 39.8 Å². The fourth-order valence-electron chi connectivity index (χ4n) is 2.10. The third-order valence-corrected chi connectivity index (χ3v) is 3.32. The third-order valence-electron chi connectivity index (χ3n) is 3.32. The molecule has 0 fully saturated rings. The van der Waals surface area contributed by atoms with Gasteiger partial charge in [0, 0.05) is 6.42 Å². The van der Waals surface area contributed by atoms with E-state index in [0.29, 0.717) is 5.78 Å². The lowest BCUT2D eigenvalue weighted by Gasteiger charge is -2.01. The summed E-state index contributed by atoms with van der Waals surface area (Å²) in [5.74, 6) is 0.357. The molecule has 0 aromatic heterocycles. The Morgan fingerprint density at radius 1 is 1.18 bits per heavy atom. The van der Waals surface area contributed by atoms with Crippen LogP contribution in [0.25, 0.3) is 0 Å². The molecule has 0 heterocycles. The molecular weight excluding hydrogens is 208 g/mol. The van der Waals surface area contributed by atoms with Crippen molar-refractivity contribution in [3.8, 4) is 0 Å². The highest BCUT2D eigenvalue weighted by Crippen LogP contribution is 2.25. The molecule has 0 N–H and O–H groups in total. The quantitative estimate of drug-likeness (QED) is 0.625. The Kier molecular flexibility index (Phi) is 5.40. The van der Waals surface area contributed by atoms with Crippen LogP contribution in [0.15, 0.2) is 34.4 Å². The van der Waals surface area contributed by atoms with Crippen LogP contribution < -0.4 is 0 Å². The number of allylic oxidation sites excluding steroid dienone is 6. The predicted molar refractivity (Wildman–Crippen MR) is 74.0 cm³/mol. The topological polar surface area (TPSA) is 17.1 Å². The average Bonchev–Trinajstić information content (AvgIpc) is 2.55. The summed E-state index contributed by atoms with van der Waals surface area (Å²) in [6.45, 7) is 8.51. The van der Waals surface area contributed by atoms with Gasteiger partial charge in [-0.3, -0.25) is 4.79 Å². The van der Waals surface area contributed by atoms with Crippen LogP contribution in [0.4, 0.5) is 0 Å². The molecule has 1 aliphatic carbocycles. The molecule has 1 aliphatic rings. The summed E-state index contributed by atoms with van der Waals surface area (Å²) in [5.41, 5.74) is 5.12. The zero-order valence-corrected chi connectivity index (χ0v) is 11.6. The lowest BCUT2D eigenvalue weighted by molar-refractivity contribution is -0.114. The highest BCUT2D eigenvalue weighted by molar-refractivity contribution is 5.98. The van der Waals surface area contributed by atoms with Crippen molar-refractivity contribution in [3.63, 3.8) is 0 Å². The van der Waals surface area contributed by atoms with E-state index in [4.69, 9.17) is 0 Å². The minimum absolute atomic E-state index is 0.357. The molecule has 0 atom stereocenters. The molecule has 1 heteroatoms. The van der Waals surface area contributed by atoms with Gasteiger partial charge in [-0.15, -0.1) is 0 Å². The largest absolute Gasteiger partial charge is 0.295 e. The first-order valence-electron chi connectivity index (χ1n) is 6.51. The molecule has 0 saturated heterocycles. The fourth-order valence-corrected chi connectivity index (χ4v) is 2.10. The Morgan fingerprint density at radius 3 is 2.41 bits per heavy atom. The smallest absolute Gasteiger partial charge is 0.159 e. The number of hydrogen-bond acceptors (Lipinski definition) is 1. The normalized spacial score (nSPS) is 16.7. The van der Waals surface area contributed by atoms with Crippen molar-refractivity contribution in [2.24, 2.45) is 0 Å². The first-order valence-corrected chi connectivity index (χ1v) is 6.51. The first kappa shape index (κ1) is 14.0. The fraction of sp³-hybridized carbons (Fsp3) is 0.562.